The van der Waals surface area contributed by atoms with Gasteiger partial charge < -0.3 is 30.3 Å². The average Bonchev–Trinajstić information content (AvgIpc) is 2.59. The Hall–Kier alpha value is -3.11. The average molecular weight is 413 g/mol. The molecular formula is C18H31N5O6. The van der Waals surface area contributed by atoms with Gasteiger partial charge in [0.05, 0.1) is 20.1 Å². The van der Waals surface area contributed by atoms with Crippen molar-refractivity contribution in [2.45, 2.75) is 39.2 Å². The molecule has 0 fully saturated rings. The van der Waals surface area contributed by atoms with Crippen molar-refractivity contribution < 1.29 is 28.7 Å². The highest BCUT2D eigenvalue weighted by atomic mass is 16.6. The molecule has 0 aromatic heterocycles. The molecule has 0 rings (SSSR count). The number of aliphatic imine (C=N–C) groups is 1. The molecule has 164 valence electrons. The van der Waals surface area contributed by atoms with Crippen LogP contribution >= 0.6 is 0 Å². The SMILES string of the molecule is C=N/C(=C\N(C)CC(=O)NCCC(=O)OC)NC(=O)CCNC(=O)OC(C)(C)C. The normalized spacial score (nSPS) is 11.1. The quantitative estimate of drug-likeness (QED) is 0.323. The highest BCUT2D eigenvalue weighted by molar-refractivity contribution is 5.79. The maximum atomic E-state index is 11.9. The molecule has 29 heavy (non-hydrogen) atoms. The number of amides is 3. The summed E-state index contributed by atoms with van der Waals surface area (Å²) in [6.45, 7) is 8.82. The van der Waals surface area contributed by atoms with E-state index in [0.29, 0.717) is 0 Å². The number of hydrogen-bond donors (Lipinski definition) is 3. The Balaban J connectivity index is 4.33. The second kappa shape index (κ2) is 13.1. The fraction of sp³-hybridized carbons (Fsp3) is 0.611. The van der Waals surface area contributed by atoms with Crippen LogP contribution in [0.15, 0.2) is 17.0 Å². The zero-order chi connectivity index (χ0) is 22.4. The highest BCUT2D eigenvalue weighted by Crippen LogP contribution is 2.06. The van der Waals surface area contributed by atoms with E-state index in [4.69, 9.17) is 4.74 Å². The maximum Gasteiger partial charge on any atom is 0.407 e. The second-order valence-corrected chi connectivity index (χ2v) is 6.99. The van der Waals surface area contributed by atoms with Crippen molar-refractivity contribution >= 4 is 30.6 Å². The molecule has 3 N–H and O–H groups in total. The van der Waals surface area contributed by atoms with Crippen molar-refractivity contribution in [3.05, 3.63) is 12.0 Å². The van der Waals surface area contributed by atoms with E-state index in [1.165, 1.54) is 18.2 Å². The number of nitrogens with zero attached hydrogens (tertiary/aromatic N) is 2. The molecule has 0 aliphatic rings. The number of carbonyl (C=O) groups excluding carboxylic acids is 4. The zero-order valence-corrected chi connectivity index (χ0v) is 17.7. The van der Waals surface area contributed by atoms with Crippen LogP contribution in [-0.2, 0) is 23.9 Å². The smallest absolute Gasteiger partial charge is 0.407 e. The standard InChI is InChI=1S/C18H31N5O6/c1-18(2,3)29-17(27)21-9-7-14(24)22-13(19-4)11-23(5)12-15(25)20-10-8-16(26)28-6/h11H,4,7-10,12H2,1-3,5-6H3,(H,20,25)(H,21,27)(H,22,24)/b13-11+. The first kappa shape index (κ1) is 25.9. The molecule has 0 unspecified atom stereocenters. The Morgan fingerprint density at radius 2 is 1.69 bits per heavy atom. The van der Waals surface area contributed by atoms with E-state index in [0.717, 1.165) is 0 Å². The number of likely N-dealkylation sites (N-methyl/N-ethyl adjacent to an activating group) is 1. The first-order valence-electron chi connectivity index (χ1n) is 8.96. The molecule has 0 aromatic rings. The van der Waals surface area contributed by atoms with Crippen LogP contribution in [0.5, 0.6) is 0 Å². The van der Waals surface area contributed by atoms with Gasteiger partial charge in [-0.3, -0.25) is 14.4 Å². The van der Waals surface area contributed by atoms with Gasteiger partial charge >= 0.3 is 12.1 Å². The van der Waals surface area contributed by atoms with Crippen LogP contribution in [0.1, 0.15) is 33.6 Å². The van der Waals surface area contributed by atoms with Crippen LogP contribution in [0.2, 0.25) is 0 Å². The van der Waals surface area contributed by atoms with Crippen LogP contribution in [0, 0.1) is 0 Å². The van der Waals surface area contributed by atoms with E-state index in [9.17, 15) is 19.2 Å². The molecule has 0 saturated heterocycles. The molecule has 0 saturated carbocycles. The third-order valence-corrected chi connectivity index (χ3v) is 3.07. The summed E-state index contributed by atoms with van der Waals surface area (Å²) in [6.07, 6.45) is 0.908. The van der Waals surface area contributed by atoms with Crippen molar-refractivity contribution in [3.8, 4) is 0 Å². The van der Waals surface area contributed by atoms with E-state index in [1.807, 2.05) is 0 Å². The van der Waals surface area contributed by atoms with Crippen molar-refractivity contribution in [1.82, 2.24) is 20.9 Å². The van der Waals surface area contributed by atoms with Crippen LogP contribution in [0.3, 0.4) is 0 Å². The second-order valence-electron chi connectivity index (χ2n) is 6.99. The summed E-state index contributed by atoms with van der Waals surface area (Å²) >= 11 is 0. The number of nitrogens with one attached hydrogen (secondary N) is 3. The minimum atomic E-state index is -0.620. The summed E-state index contributed by atoms with van der Waals surface area (Å²) in [5.41, 5.74) is -0.620. The van der Waals surface area contributed by atoms with Crippen LogP contribution in [-0.4, -0.2) is 74.9 Å². The Morgan fingerprint density at radius 1 is 1.07 bits per heavy atom. The van der Waals surface area contributed by atoms with Gasteiger partial charge in [-0.1, -0.05) is 0 Å². The van der Waals surface area contributed by atoms with Gasteiger partial charge in [-0.15, -0.1) is 0 Å². The summed E-state index contributed by atoms with van der Waals surface area (Å²) in [5, 5.41) is 7.57. The van der Waals surface area contributed by atoms with Gasteiger partial charge in [0.2, 0.25) is 11.8 Å². The topological polar surface area (TPSA) is 138 Å². The molecule has 0 aromatic carbocycles. The molecule has 0 aliphatic heterocycles. The number of carbonyl (C=O) groups is 4. The fourth-order valence-corrected chi connectivity index (χ4v) is 1.85. The summed E-state index contributed by atoms with van der Waals surface area (Å²) in [7, 11) is 2.88. The van der Waals surface area contributed by atoms with Crippen molar-refractivity contribution in [2.24, 2.45) is 4.99 Å². The molecule has 11 heteroatoms. The lowest BCUT2D eigenvalue weighted by atomic mass is 10.2. The van der Waals surface area contributed by atoms with Crippen molar-refractivity contribution in [1.29, 1.82) is 0 Å². The summed E-state index contributed by atoms with van der Waals surface area (Å²) < 4.78 is 9.55. The Morgan fingerprint density at radius 3 is 2.24 bits per heavy atom. The first-order valence-corrected chi connectivity index (χ1v) is 8.96. The lowest BCUT2D eigenvalue weighted by Crippen LogP contribution is -2.36. The van der Waals surface area contributed by atoms with E-state index < -0.39 is 23.6 Å². The summed E-state index contributed by atoms with van der Waals surface area (Å²) in [6, 6.07) is 0. The van der Waals surface area contributed by atoms with E-state index in [1.54, 1.807) is 27.8 Å². The van der Waals surface area contributed by atoms with Crippen LogP contribution < -0.4 is 16.0 Å². The Bertz CT molecular complexity index is 627. The first-order chi connectivity index (χ1) is 13.5. The third kappa shape index (κ3) is 14.6. The number of esters is 1. The monoisotopic (exact) mass is 413 g/mol. The summed E-state index contributed by atoms with van der Waals surface area (Å²) in [4.78, 5) is 51.4. The van der Waals surface area contributed by atoms with Gasteiger partial charge in [-0.2, -0.15) is 0 Å². The number of alkyl carbamates (subject to hydrolysis) is 1. The number of methoxy groups -OCH3 is 1. The van der Waals surface area contributed by atoms with Gasteiger partial charge in [0.15, 0.2) is 0 Å². The molecule has 0 radical (unpaired) electrons. The molecule has 3 amide bonds. The minimum Gasteiger partial charge on any atom is -0.469 e. The van der Waals surface area contributed by atoms with E-state index in [2.05, 4.69) is 32.4 Å². The predicted molar refractivity (Wildman–Crippen MR) is 107 cm³/mol. The summed E-state index contributed by atoms with van der Waals surface area (Å²) in [5.74, 6) is -0.975. The molecule has 0 aliphatic carbocycles. The van der Waals surface area contributed by atoms with E-state index in [-0.39, 0.29) is 44.2 Å². The fourth-order valence-electron chi connectivity index (χ4n) is 1.85. The molecule has 0 bridgehead atoms. The molecule has 0 heterocycles. The predicted octanol–water partition coefficient (Wildman–Crippen LogP) is 0.128. The third-order valence-electron chi connectivity index (χ3n) is 3.07. The molecule has 0 spiro atoms. The molecule has 11 nitrogen and oxygen atoms in total. The Kier molecular flexibility index (Phi) is 11.7. The van der Waals surface area contributed by atoms with Crippen molar-refractivity contribution in [3.63, 3.8) is 0 Å². The van der Waals surface area contributed by atoms with Gasteiger partial charge in [0.1, 0.15) is 11.4 Å². The van der Waals surface area contributed by atoms with Gasteiger partial charge in [-0.25, -0.2) is 9.79 Å². The van der Waals surface area contributed by atoms with Crippen LogP contribution in [0.4, 0.5) is 4.79 Å². The van der Waals surface area contributed by atoms with Crippen LogP contribution in [0.25, 0.3) is 0 Å². The van der Waals surface area contributed by atoms with Gasteiger partial charge in [0, 0.05) is 32.8 Å². The van der Waals surface area contributed by atoms with Crippen molar-refractivity contribution in [2.75, 3.05) is 33.8 Å². The lowest BCUT2D eigenvalue weighted by molar-refractivity contribution is -0.140. The highest BCUT2D eigenvalue weighted by Gasteiger charge is 2.16. The van der Waals surface area contributed by atoms with E-state index >= 15 is 0 Å². The maximum absolute atomic E-state index is 11.9. The molecular weight excluding hydrogens is 382 g/mol. The van der Waals surface area contributed by atoms with Gasteiger partial charge in [-0.05, 0) is 27.5 Å². The lowest BCUT2D eigenvalue weighted by Gasteiger charge is -2.19. The zero-order valence-electron chi connectivity index (χ0n) is 17.7. The number of hydrogen-bond acceptors (Lipinski definition) is 8. The Labute approximate surface area is 170 Å². The number of rotatable bonds is 11. The number of ether oxygens (including phenoxy) is 2. The van der Waals surface area contributed by atoms with Gasteiger partial charge in [0.25, 0.3) is 0 Å². The largest absolute Gasteiger partial charge is 0.469 e. The minimum absolute atomic E-state index is 0.00380. The molecule has 0 atom stereocenters.